The van der Waals surface area contributed by atoms with Gasteiger partial charge in [0.2, 0.25) is 10.0 Å². The van der Waals surface area contributed by atoms with Gasteiger partial charge in [0.15, 0.2) is 0 Å². The average Bonchev–Trinajstić information content (AvgIpc) is 3.27. The molecular weight excluding hydrogens is 398 g/mol. The van der Waals surface area contributed by atoms with Gasteiger partial charge in [0.1, 0.15) is 0 Å². The van der Waals surface area contributed by atoms with Crippen LogP contribution in [0, 0.1) is 0 Å². The maximum absolute atomic E-state index is 13.4. The van der Waals surface area contributed by atoms with Crippen molar-refractivity contribution < 1.29 is 13.2 Å². The molecule has 162 valence electrons. The Balaban J connectivity index is 1.94. The predicted molar refractivity (Wildman–Crippen MR) is 120 cm³/mol. The third-order valence-electron chi connectivity index (χ3n) is 5.62. The summed E-state index contributed by atoms with van der Waals surface area (Å²) in [6.45, 7) is 4.33. The molecular formula is C23H31N3O3S. The van der Waals surface area contributed by atoms with Crippen molar-refractivity contribution in [2.24, 2.45) is 0 Å². The van der Waals surface area contributed by atoms with Gasteiger partial charge in [-0.1, -0.05) is 31.2 Å². The second-order valence-electron chi connectivity index (χ2n) is 7.99. The molecule has 6 nitrogen and oxygen atoms in total. The van der Waals surface area contributed by atoms with Crippen LogP contribution in [-0.4, -0.2) is 57.8 Å². The minimum absolute atomic E-state index is 0.138. The number of carbonyl (C=O) groups excluding carboxylic acids is 1. The summed E-state index contributed by atoms with van der Waals surface area (Å²) in [6, 6.07) is 13.1. The first-order chi connectivity index (χ1) is 14.2. The molecule has 0 aromatic heterocycles. The zero-order chi connectivity index (χ0) is 21.9. The fraction of sp³-hybridized carbons (Fsp3) is 0.435. The molecule has 2 aromatic rings. The SMILES string of the molecule is CCc1ccc(CN(C)C(=O)c2cc(S(=O)(=O)N(C)C)ccc2N2CCCC2)cc1. The Morgan fingerprint density at radius 1 is 0.967 bits per heavy atom. The molecule has 0 saturated carbocycles. The van der Waals surface area contributed by atoms with Gasteiger partial charge in [-0.2, -0.15) is 0 Å². The smallest absolute Gasteiger partial charge is 0.256 e. The molecule has 7 heteroatoms. The first kappa shape index (κ1) is 22.3. The normalized spacial score (nSPS) is 14.4. The van der Waals surface area contributed by atoms with Crippen molar-refractivity contribution in [2.75, 3.05) is 39.1 Å². The van der Waals surface area contributed by atoms with Crippen LogP contribution in [0.2, 0.25) is 0 Å². The van der Waals surface area contributed by atoms with E-state index < -0.39 is 10.0 Å². The van der Waals surface area contributed by atoms with Crippen LogP contribution in [0.3, 0.4) is 0 Å². The molecule has 30 heavy (non-hydrogen) atoms. The van der Waals surface area contributed by atoms with E-state index in [-0.39, 0.29) is 10.8 Å². The van der Waals surface area contributed by atoms with E-state index in [0.29, 0.717) is 12.1 Å². The fourth-order valence-electron chi connectivity index (χ4n) is 3.72. The highest BCUT2D eigenvalue weighted by Crippen LogP contribution is 2.29. The molecule has 2 aromatic carbocycles. The zero-order valence-corrected chi connectivity index (χ0v) is 19.1. The number of hydrogen-bond donors (Lipinski definition) is 0. The van der Waals surface area contributed by atoms with Crippen LogP contribution in [0.4, 0.5) is 5.69 Å². The highest BCUT2D eigenvalue weighted by Gasteiger charge is 2.26. The summed E-state index contributed by atoms with van der Waals surface area (Å²) in [6.07, 6.45) is 3.12. The van der Waals surface area contributed by atoms with Crippen LogP contribution < -0.4 is 4.90 Å². The molecule has 1 fully saturated rings. The summed E-state index contributed by atoms with van der Waals surface area (Å²) in [7, 11) is 1.13. The van der Waals surface area contributed by atoms with Crippen molar-refractivity contribution in [1.82, 2.24) is 9.21 Å². The van der Waals surface area contributed by atoms with E-state index in [1.807, 2.05) is 12.1 Å². The largest absolute Gasteiger partial charge is 0.371 e. The van der Waals surface area contributed by atoms with E-state index in [9.17, 15) is 13.2 Å². The Kier molecular flexibility index (Phi) is 6.83. The molecule has 0 unspecified atom stereocenters. The molecule has 0 radical (unpaired) electrons. The van der Waals surface area contributed by atoms with Gasteiger partial charge in [-0.15, -0.1) is 0 Å². The van der Waals surface area contributed by atoms with Crippen LogP contribution in [0.1, 0.15) is 41.3 Å². The van der Waals surface area contributed by atoms with Crippen LogP contribution in [0.15, 0.2) is 47.4 Å². The highest BCUT2D eigenvalue weighted by molar-refractivity contribution is 7.89. The standard InChI is InChI=1S/C23H31N3O3S/c1-5-18-8-10-19(11-9-18)17-25(4)23(27)21-16-20(30(28,29)24(2)3)12-13-22(21)26-14-6-7-15-26/h8-13,16H,5-7,14-15,17H2,1-4H3. The van der Waals surface area contributed by atoms with Crippen molar-refractivity contribution in [3.63, 3.8) is 0 Å². The van der Waals surface area contributed by atoms with E-state index >= 15 is 0 Å². The van der Waals surface area contributed by atoms with Crippen molar-refractivity contribution in [3.05, 3.63) is 59.2 Å². The second-order valence-corrected chi connectivity index (χ2v) is 10.1. The van der Waals surface area contributed by atoms with Gasteiger partial charge in [-0.25, -0.2) is 12.7 Å². The van der Waals surface area contributed by atoms with Crippen molar-refractivity contribution in [2.45, 2.75) is 37.6 Å². The number of sulfonamides is 1. The number of benzene rings is 2. The molecule has 1 saturated heterocycles. The quantitative estimate of drug-likeness (QED) is 0.677. The number of nitrogens with zero attached hydrogens (tertiary/aromatic N) is 3. The molecule has 3 rings (SSSR count). The van der Waals surface area contributed by atoms with E-state index in [0.717, 1.165) is 43.6 Å². The van der Waals surface area contributed by atoms with Crippen LogP contribution in [-0.2, 0) is 23.0 Å². The van der Waals surface area contributed by atoms with Gasteiger partial charge in [0, 0.05) is 46.5 Å². The summed E-state index contributed by atoms with van der Waals surface area (Å²) in [5, 5.41) is 0. The summed E-state index contributed by atoms with van der Waals surface area (Å²) in [4.78, 5) is 17.4. The predicted octanol–water partition coefficient (Wildman–Crippen LogP) is 3.37. The molecule has 0 N–H and O–H groups in total. The lowest BCUT2D eigenvalue weighted by atomic mass is 10.1. The summed E-state index contributed by atoms with van der Waals surface area (Å²) >= 11 is 0. The first-order valence-corrected chi connectivity index (χ1v) is 11.8. The molecule has 0 bridgehead atoms. The second kappa shape index (κ2) is 9.18. The van der Waals surface area contributed by atoms with Crippen LogP contribution in [0.5, 0.6) is 0 Å². The number of carbonyl (C=O) groups is 1. The minimum atomic E-state index is -3.62. The van der Waals surface area contributed by atoms with Gasteiger partial charge in [-0.05, 0) is 48.6 Å². The molecule has 0 aliphatic carbocycles. The third-order valence-corrected chi connectivity index (χ3v) is 7.43. The van der Waals surface area contributed by atoms with Crippen LogP contribution >= 0.6 is 0 Å². The monoisotopic (exact) mass is 429 g/mol. The van der Waals surface area contributed by atoms with Gasteiger partial charge in [0.25, 0.3) is 5.91 Å². The molecule has 0 atom stereocenters. The Hall–Kier alpha value is -2.38. The van der Waals surface area contributed by atoms with Crippen molar-refractivity contribution >= 4 is 21.6 Å². The minimum Gasteiger partial charge on any atom is -0.371 e. The maximum Gasteiger partial charge on any atom is 0.256 e. The number of anilines is 1. The molecule has 1 amide bonds. The molecule has 1 aliphatic heterocycles. The van der Waals surface area contributed by atoms with Crippen molar-refractivity contribution in [3.8, 4) is 0 Å². The molecule has 1 aliphatic rings. The number of aryl methyl sites for hydroxylation is 1. The first-order valence-electron chi connectivity index (χ1n) is 10.4. The van der Waals surface area contributed by atoms with Gasteiger partial charge < -0.3 is 9.80 Å². The van der Waals surface area contributed by atoms with E-state index in [1.165, 1.54) is 30.0 Å². The molecule has 0 spiro atoms. The lowest BCUT2D eigenvalue weighted by Gasteiger charge is -2.25. The van der Waals surface area contributed by atoms with E-state index in [1.54, 1.807) is 24.1 Å². The summed E-state index contributed by atoms with van der Waals surface area (Å²) < 4.78 is 26.5. The lowest BCUT2D eigenvalue weighted by molar-refractivity contribution is 0.0785. The van der Waals surface area contributed by atoms with E-state index in [2.05, 4.69) is 24.0 Å². The van der Waals surface area contributed by atoms with E-state index in [4.69, 9.17) is 0 Å². The van der Waals surface area contributed by atoms with Gasteiger partial charge in [-0.3, -0.25) is 4.79 Å². The number of rotatable bonds is 7. The Bertz CT molecular complexity index is 995. The molecule has 1 heterocycles. The summed E-state index contributed by atoms with van der Waals surface area (Å²) in [5.74, 6) is -0.174. The highest BCUT2D eigenvalue weighted by atomic mass is 32.2. The maximum atomic E-state index is 13.4. The zero-order valence-electron chi connectivity index (χ0n) is 18.3. The topological polar surface area (TPSA) is 60.9 Å². The van der Waals surface area contributed by atoms with Gasteiger partial charge >= 0.3 is 0 Å². The average molecular weight is 430 g/mol. The Morgan fingerprint density at radius 2 is 1.57 bits per heavy atom. The lowest BCUT2D eigenvalue weighted by Crippen LogP contribution is -2.30. The third kappa shape index (κ3) is 4.68. The Morgan fingerprint density at radius 3 is 2.13 bits per heavy atom. The number of hydrogen-bond acceptors (Lipinski definition) is 4. The van der Waals surface area contributed by atoms with Crippen LogP contribution in [0.25, 0.3) is 0 Å². The van der Waals surface area contributed by atoms with Gasteiger partial charge in [0.05, 0.1) is 10.5 Å². The summed E-state index contributed by atoms with van der Waals surface area (Å²) in [5.41, 5.74) is 3.55. The van der Waals surface area contributed by atoms with Crippen molar-refractivity contribution in [1.29, 1.82) is 0 Å². The fourth-order valence-corrected chi connectivity index (χ4v) is 4.65. The Labute approximate surface area is 180 Å². The number of amides is 1.